The summed E-state index contributed by atoms with van der Waals surface area (Å²) in [6, 6.07) is 5.57. The average molecular weight is 316 g/mol. The first-order chi connectivity index (χ1) is 9.69. The highest BCUT2D eigenvalue weighted by atomic mass is 35.5. The Kier molecular flexibility index (Phi) is 10.7. The van der Waals surface area contributed by atoms with Gasteiger partial charge in [-0.3, -0.25) is 0 Å². The second kappa shape index (κ2) is 11.4. The first kappa shape index (κ1) is 19.7. The van der Waals surface area contributed by atoms with Crippen molar-refractivity contribution in [1.82, 2.24) is 5.32 Å². The number of unbranched alkanes of at least 4 members (excludes halogenated alkanes) is 3. The van der Waals surface area contributed by atoms with Gasteiger partial charge in [0.1, 0.15) is 11.3 Å². The maximum Gasteiger partial charge on any atom is 0.341 e. The molecule has 0 radical (unpaired) electrons. The zero-order valence-electron chi connectivity index (χ0n) is 13.1. The molecule has 0 atom stereocenters. The molecule has 0 aliphatic carbocycles. The van der Waals surface area contributed by atoms with Crippen LogP contribution in [0.1, 0.15) is 41.6 Å². The molecular formula is C16H26ClNO3. The van der Waals surface area contributed by atoms with Gasteiger partial charge in [0.15, 0.2) is 0 Å². The largest absolute Gasteiger partial charge is 0.493 e. The van der Waals surface area contributed by atoms with Gasteiger partial charge in [-0.05, 0) is 45.5 Å². The van der Waals surface area contributed by atoms with Crippen LogP contribution in [0.4, 0.5) is 0 Å². The zero-order chi connectivity index (χ0) is 14.8. The molecule has 0 unspecified atom stereocenters. The lowest BCUT2D eigenvalue weighted by atomic mass is 10.1. The number of carbonyl (C=O) groups excluding carboxylic acids is 1. The summed E-state index contributed by atoms with van der Waals surface area (Å²) in [4.78, 5) is 11.7. The number of carbonyl (C=O) groups is 1. The number of nitrogens with one attached hydrogen (secondary N) is 1. The summed E-state index contributed by atoms with van der Waals surface area (Å²) in [7, 11) is 3.35. The number of halogens is 1. The standard InChI is InChI=1S/C16H25NO3.ClH/c1-13-8-9-15(14(12-13)16(18)19-3)20-11-7-5-4-6-10-17-2;/h8-9,12,17H,4-7,10-11H2,1-3H3;1H. The summed E-state index contributed by atoms with van der Waals surface area (Å²) >= 11 is 0. The van der Waals surface area contributed by atoms with E-state index in [2.05, 4.69) is 5.32 Å². The monoisotopic (exact) mass is 315 g/mol. The highest BCUT2D eigenvalue weighted by Crippen LogP contribution is 2.21. The van der Waals surface area contributed by atoms with Gasteiger partial charge in [0.2, 0.25) is 0 Å². The molecule has 0 saturated heterocycles. The molecule has 1 aromatic rings. The molecule has 5 heteroatoms. The molecule has 0 aromatic heterocycles. The van der Waals surface area contributed by atoms with Crippen molar-refractivity contribution in [2.45, 2.75) is 32.6 Å². The molecule has 0 spiro atoms. The molecular weight excluding hydrogens is 290 g/mol. The first-order valence-corrected chi connectivity index (χ1v) is 7.15. The topological polar surface area (TPSA) is 47.6 Å². The van der Waals surface area contributed by atoms with E-state index in [4.69, 9.17) is 9.47 Å². The number of rotatable bonds is 9. The summed E-state index contributed by atoms with van der Waals surface area (Å²) in [6.07, 6.45) is 4.52. The second-order valence-corrected chi connectivity index (χ2v) is 4.86. The van der Waals surface area contributed by atoms with Crippen molar-refractivity contribution in [1.29, 1.82) is 0 Å². The van der Waals surface area contributed by atoms with Crippen molar-refractivity contribution in [2.75, 3.05) is 27.3 Å². The Morgan fingerprint density at radius 2 is 1.90 bits per heavy atom. The SMILES string of the molecule is CNCCCCCCOc1ccc(C)cc1C(=O)OC.Cl. The molecule has 120 valence electrons. The molecule has 0 bridgehead atoms. The fraction of sp³-hybridized carbons (Fsp3) is 0.562. The van der Waals surface area contributed by atoms with Crippen LogP contribution in [0.15, 0.2) is 18.2 Å². The Balaban J connectivity index is 0.00000400. The van der Waals surface area contributed by atoms with Crippen LogP contribution in [-0.2, 0) is 4.74 Å². The number of ether oxygens (including phenoxy) is 2. The molecule has 4 nitrogen and oxygen atoms in total. The number of hydrogen-bond donors (Lipinski definition) is 1. The van der Waals surface area contributed by atoms with Crippen LogP contribution < -0.4 is 10.1 Å². The van der Waals surface area contributed by atoms with Gasteiger partial charge in [-0.2, -0.15) is 0 Å². The van der Waals surface area contributed by atoms with Gasteiger partial charge in [0.05, 0.1) is 13.7 Å². The molecule has 0 heterocycles. The van der Waals surface area contributed by atoms with E-state index in [1.807, 2.05) is 26.1 Å². The third-order valence-electron chi connectivity index (χ3n) is 3.12. The minimum atomic E-state index is -0.349. The molecule has 1 N–H and O–H groups in total. The van der Waals surface area contributed by atoms with E-state index < -0.39 is 0 Å². The first-order valence-electron chi connectivity index (χ1n) is 7.15. The van der Waals surface area contributed by atoms with Crippen molar-refractivity contribution >= 4 is 18.4 Å². The highest BCUT2D eigenvalue weighted by Gasteiger charge is 2.12. The highest BCUT2D eigenvalue weighted by molar-refractivity contribution is 5.92. The van der Waals surface area contributed by atoms with Gasteiger partial charge in [0.25, 0.3) is 0 Å². The molecule has 1 aromatic carbocycles. The summed E-state index contributed by atoms with van der Waals surface area (Å²) in [5.41, 5.74) is 1.52. The second-order valence-electron chi connectivity index (χ2n) is 4.86. The van der Waals surface area contributed by atoms with Gasteiger partial charge in [-0.1, -0.05) is 24.5 Å². The van der Waals surface area contributed by atoms with E-state index in [0.717, 1.165) is 24.9 Å². The van der Waals surface area contributed by atoms with Crippen molar-refractivity contribution in [3.05, 3.63) is 29.3 Å². The lowest BCUT2D eigenvalue weighted by Gasteiger charge is -2.11. The number of hydrogen-bond acceptors (Lipinski definition) is 4. The van der Waals surface area contributed by atoms with Crippen LogP contribution in [0, 0.1) is 6.92 Å². The van der Waals surface area contributed by atoms with E-state index in [0.29, 0.717) is 17.9 Å². The van der Waals surface area contributed by atoms with Crippen LogP contribution in [-0.4, -0.2) is 33.3 Å². The third-order valence-corrected chi connectivity index (χ3v) is 3.12. The van der Waals surface area contributed by atoms with Crippen molar-refractivity contribution in [3.63, 3.8) is 0 Å². The summed E-state index contributed by atoms with van der Waals surface area (Å²) < 4.78 is 10.5. The fourth-order valence-corrected chi connectivity index (χ4v) is 1.98. The predicted molar refractivity (Wildman–Crippen MR) is 87.7 cm³/mol. The quantitative estimate of drug-likeness (QED) is 0.561. The van der Waals surface area contributed by atoms with Crippen LogP contribution in [0.25, 0.3) is 0 Å². The van der Waals surface area contributed by atoms with Crippen LogP contribution in [0.5, 0.6) is 5.75 Å². The number of benzene rings is 1. The van der Waals surface area contributed by atoms with Gasteiger partial charge in [-0.25, -0.2) is 4.79 Å². The van der Waals surface area contributed by atoms with Crippen molar-refractivity contribution < 1.29 is 14.3 Å². The smallest absolute Gasteiger partial charge is 0.341 e. The molecule has 0 amide bonds. The van der Waals surface area contributed by atoms with Gasteiger partial charge >= 0.3 is 5.97 Å². The Morgan fingerprint density at radius 1 is 1.19 bits per heavy atom. The van der Waals surface area contributed by atoms with Crippen LogP contribution >= 0.6 is 12.4 Å². The number of esters is 1. The Bertz CT molecular complexity index is 424. The zero-order valence-corrected chi connectivity index (χ0v) is 13.9. The fourth-order valence-electron chi connectivity index (χ4n) is 1.98. The molecule has 0 aliphatic rings. The van der Waals surface area contributed by atoms with Gasteiger partial charge in [-0.15, -0.1) is 12.4 Å². The number of methoxy groups -OCH3 is 1. The molecule has 0 saturated carbocycles. The van der Waals surface area contributed by atoms with Crippen LogP contribution in [0.2, 0.25) is 0 Å². The van der Waals surface area contributed by atoms with Gasteiger partial charge in [0, 0.05) is 0 Å². The predicted octanol–water partition coefficient (Wildman–Crippen LogP) is 3.36. The minimum absolute atomic E-state index is 0. The molecule has 0 fully saturated rings. The van der Waals surface area contributed by atoms with Crippen molar-refractivity contribution in [2.24, 2.45) is 0 Å². The Labute approximate surface area is 133 Å². The average Bonchev–Trinajstić information content (AvgIpc) is 2.46. The Hall–Kier alpha value is -1.26. The lowest BCUT2D eigenvalue weighted by molar-refractivity contribution is 0.0596. The summed E-state index contributed by atoms with van der Waals surface area (Å²) in [5, 5.41) is 3.13. The normalized spacial score (nSPS) is 9.86. The van der Waals surface area contributed by atoms with E-state index in [-0.39, 0.29) is 18.4 Å². The maximum absolute atomic E-state index is 11.7. The summed E-state index contributed by atoms with van der Waals surface area (Å²) in [6.45, 7) is 3.63. The maximum atomic E-state index is 11.7. The third kappa shape index (κ3) is 7.34. The minimum Gasteiger partial charge on any atom is -0.493 e. The van der Waals surface area contributed by atoms with E-state index in [9.17, 15) is 4.79 Å². The molecule has 21 heavy (non-hydrogen) atoms. The van der Waals surface area contributed by atoms with E-state index in [1.54, 1.807) is 6.07 Å². The van der Waals surface area contributed by atoms with Crippen LogP contribution in [0.3, 0.4) is 0 Å². The van der Waals surface area contributed by atoms with Gasteiger partial charge < -0.3 is 14.8 Å². The lowest BCUT2D eigenvalue weighted by Crippen LogP contribution is -2.08. The molecule has 0 aliphatic heterocycles. The van der Waals surface area contributed by atoms with E-state index in [1.165, 1.54) is 20.0 Å². The molecule has 1 rings (SSSR count). The Morgan fingerprint density at radius 3 is 2.57 bits per heavy atom. The summed E-state index contributed by atoms with van der Waals surface area (Å²) in [5.74, 6) is 0.260. The number of aryl methyl sites for hydroxylation is 1. The van der Waals surface area contributed by atoms with Crippen molar-refractivity contribution in [3.8, 4) is 5.75 Å². The van der Waals surface area contributed by atoms with E-state index >= 15 is 0 Å².